The number of aryl methyl sites for hydroxylation is 1. The van der Waals surface area contributed by atoms with E-state index < -0.39 is 0 Å². The van der Waals surface area contributed by atoms with Gasteiger partial charge < -0.3 is 19.5 Å². The third-order valence-corrected chi connectivity index (χ3v) is 4.07. The van der Waals surface area contributed by atoms with Crippen LogP contribution < -0.4 is 19.5 Å². The number of benzene rings is 1. The molecular weight excluding hydrogens is 356 g/mol. The van der Waals surface area contributed by atoms with Gasteiger partial charge in [-0.25, -0.2) is 0 Å². The van der Waals surface area contributed by atoms with Crippen LogP contribution in [0.2, 0.25) is 5.02 Å². The second kappa shape index (κ2) is 7.29. The first-order valence-electron chi connectivity index (χ1n) is 8.13. The molecule has 8 heteroatoms. The minimum Gasteiger partial charge on any atom is -0.493 e. The Morgan fingerprint density at radius 3 is 2.42 bits per heavy atom. The van der Waals surface area contributed by atoms with Crippen LogP contribution in [0.25, 0.3) is 10.8 Å². The third kappa shape index (κ3) is 3.48. The van der Waals surface area contributed by atoms with Gasteiger partial charge in [0.15, 0.2) is 17.3 Å². The van der Waals surface area contributed by atoms with Crippen LogP contribution in [0, 0.1) is 6.92 Å². The SMILES string of the molecule is COc1cc2c(OC(C)C)nc(Nc3cc(C)[nH]n3)cc2c(Cl)c1OC. The number of nitrogens with zero attached hydrogens (tertiary/aromatic N) is 2. The van der Waals surface area contributed by atoms with Crippen molar-refractivity contribution in [2.75, 3.05) is 19.5 Å². The topological polar surface area (TPSA) is 81.3 Å². The van der Waals surface area contributed by atoms with E-state index in [9.17, 15) is 0 Å². The predicted octanol–water partition coefficient (Wildman–Crippen LogP) is 4.47. The maximum Gasteiger partial charge on any atom is 0.223 e. The number of aromatic amines is 1. The lowest BCUT2D eigenvalue weighted by Crippen LogP contribution is -2.08. The Hall–Kier alpha value is -2.67. The summed E-state index contributed by atoms with van der Waals surface area (Å²) in [6, 6.07) is 5.52. The summed E-state index contributed by atoms with van der Waals surface area (Å²) in [5.74, 6) is 2.65. The Balaban J connectivity index is 2.19. The number of ether oxygens (including phenoxy) is 3. The smallest absolute Gasteiger partial charge is 0.223 e. The van der Waals surface area contributed by atoms with Crippen LogP contribution in [0.5, 0.6) is 17.4 Å². The zero-order valence-electron chi connectivity index (χ0n) is 15.3. The van der Waals surface area contributed by atoms with E-state index in [-0.39, 0.29) is 6.10 Å². The quantitative estimate of drug-likeness (QED) is 0.660. The molecule has 0 aliphatic carbocycles. The van der Waals surface area contributed by atoms with Gasteiger partial charge in [-0.15, -0.1) is 0 Å². The molecule has 2 N–H and O–H groups in total. The number of hydrogen-bond donors (Lipinski definition) is 2. The summed E-state index contributed by atoms with van der Waals surface area (Å²) >= 11 is 6.58. The van der Waals surface area contributed by atoms with Gasteiger partial charge in [0.25, 0.3) is 0 Å². The molecule has 0 atom stereocenters. The van der Waals surface area contributed by atoms with Crippen LogP contribution in [0.3, 0.4) is 0 Å². The molecule has 138 valence electrons. The van der Waals surface area contributed by atoms with E-state index in [1.54, 1.807) is 14.2 Å². The molecular formula is C18H21ClN4O3. The molecule has 0 unspecified atom stereocenters. The monoisotopic (exact) mass is 376 g/mol. The molecule has 0 spiro atoms. The second-order valence-electron chi connectivity index (χ2n) is 6.06. The number of hydrogen-bond acceptors (Lipinski definition) is 6. The fourth-order valence-corrected chi connectivity index (χ4v) is 2.94. The van der Waals surface area contributed by atoms with Crippen molar-refractivity contribution in [2.24, 2.45) is 0 Å². The standard InChI is InChI=1S/C18H21ClN4O3/c1-9(2)26-18-12-7-13(24-4)17(25-5)16(19)11(12)8-14(21-18)20-15-6-10(3)22-23-15/h6-9H,1-5H3,(H2,20,21,22,23). The first-order chi connectivity index (χ1) is 12.4. The van der Waals surface area contributed by atoms with E-state index in [4.69, 9.17) is 25.8 Å². The highest BCUT2D eigenvalue weighted by Gasteiger charge is 2.19. The second-order valence-corrected chi connectivity index (χ2v) is 6.44. The number of rotatable bonds is 6. The summed E-state index contributed by atoms with van der Waals surface area (Å²) in [6.07, 6.45) is -0.0551. The molecule has 0 radical (unpaired) electrons. The molecule has 0 fully saturated rings. The Morgan fingerprint density at radius 2 is 1.85 bits per heavy atom. The molecule has 0 amide bonds. The van der Waals surface area contributed by atoms with E-state index in [1.807, 2.05) is 39.0 Å². The van der Waals surface area contributed by atoms with E-state index in [0.29, 0.717) is 34.0 Å². The van der Waals surface area contributed by atoms with Crippen LogP contribution >= 0.6 is 11.6 Å². The lowest BCUT2D eigenvalue weighted by Gasteiger charge is -2.17. The van der Waals surface area contributed by atoms with Gasteiger partial charge in [0, 0.05) is 22.5 Å². The Kier molecular flexibility index (Phi) is 5.08. The van der Waals surface area contributed by atoms with Crippen molar-refractivity contribution in [3.05, 3.63) is 28.9 Å². The normalized spacial score (nSPS) is 11.0. The van der Waals surface area contributed by atoms with Gasteiger partial charge in [-0.1, -0.05) is 11.6 Å². The van der Waals surface area contributed by atoms with Crippen LogP contribution in [0.4, 0.5) is 11.6 Å². The van der Waals surface area contributed by atoms with Gasteiger partial charge >= 0.3 is 0 Å². The summed E-state index contributed by atoms with van der Waals surface area (Å²) in [6.45, 7) is 5.80. The average Bonchev–Trinajstić information content (AvgIpc) is 2.99. The highest BCUT2D eigenvalue weighted by Crippen LogP contribution is 2.44. The average molecular weight is 377 g/mol. The molecule has 0 saturated carbocycles. The van der Waals surface area contributed by atoms with Gasteiger partial charge in [0.2, 0.25) is 5.88 Å². The lowest BCUT2D eigenvalue weighted by molar-refractivity contribution is 0.236. The fraction of sp³-hybridized carbons (Fsp3) is 0.333. The number of fused-ring (bicyclic) bond motifs is 1. The van der Waals surface area contributed by atoms with E-state index in [0.717, 1.165) is 16.5 Å². The molecule has 26 heavy (non-hydrogen) atoms. The minimum absolute atomic E-state index is 0.0551. The molecule has 0 aliphatic heterocycles. The van der Waals surface area contributed by atoms with E-state index in [2.05, 4.69) is 20.5 Å². The van der Waals surface area contributed by atoms with E-state index in [1.165, 1.54) is 0 Å². The Morgan fingerprint density at radius 1 is 1.08 bits per heavy atom. The molecule has 0 saturated heterocycles. The largest absolute Gasteiger partial charge is 0.493 e. The first-order valence-corrected chi connectivity index (χ1v) is 8.51. The maximum absolute atomic E-state index is 6.58. The zero-order valence-corrected chi connectivity index (χ0v) is 16.1. The van der Waals surface area contributed by atoms with Gasteiger partial charge in [0.05, 0.1) is 25.3 Å². The number of anilines is 2. The fourth-order valence-electron chi connectivity index (χ4n) is 2.61. The number of aromatic nitrogens is 3. The summed E-state index contributed by atoms with van der Waals surface area (Å²) < 4.78 is 16.7. The molecule has 7 nitrogen and oxygen atoms in total. The van der Waals surface area contributed by atoms with Crippen molar-refractivity contribution >= 4 is 34.0 Å². The zero-order chi connectivity index (χ0) is 18.8. The van der Waals surface area contributed by atoms with E-state index >= 15 is 0 Å². The van der Waals surface area contributed by atoms with Gasteiger partial charge in [0.1, 0.15) is 5.82 Å². The van der Waals surface area contributed by atoms with Crippen LogP contribution in [-0.2, 0) is 0 Å². The summed E-state index contributed by atoms with van der Waals surface area (Å²) in [4.78, 5) is 4.58. The van der Waals surface area contributed by atoms with Crippen molar-refractivity contribution in [1.82, 2.24) is 15.2 Å². The van der Waals surface area contributed by atoms with Crippen LogP contribution in [0.1, 0.15) is 19.5 Å². The van der Waals surface area contributed by atoms with Crippen LogP contribution in [0.15, 0.2) is 18.2 Å². The van der Waals surface area contributed by atoms with Crippen molar-refractivity contribution in [2.45, 2.75) is 26.9 Å². The molecule has 3 aromatic rings. The number of pyridine rings is 1. The number of nitrogens with one attached hydrogen (secondary N) is 2. The summed E-state index contributed by atoms with van der Waals surface area (Å²) in [7, 11) is 3.11. The maximum atomic E-state index is 6.58. The van der Waals surface area contributed by atoms with Gasteiger partial charge in [-0.2, -0.15) is 10.1 Å². The number of methoxy groups -OCH3 is 2. The Bertz CT molecular complexity index is 940. The summed E-state index contributed by atoms with van der Waals surface area (Å²) in [5.41, 5.74) is 0.941. The van der Waals surface area contributed by atoms with Crippen molar-refractivity contribution in [3.8, 4) is 17.4 Å². The molecule has 1 aromatic carbocycles. The van der Waals surface area contributed by atoms with Crippen molar-refractivity contribution in [3.63, 3.8) is 0 Å². The predicted molar refractivity (Wildman–Crippen MR) is 102 cm³/mol. The Labute approximate surface area is 156 Å². The minimum atomic E-state index is -0.0551. The molecule has 2 heterocycles. The van der Waals surface area contributed by atoms with Crippen molar-refractivity contribution < 1.29 is 14.2 Å². The highest BCUT2D eigenvalue weighted by atomic mass is 35.5. The lowest BCUT2D eigenvalue weighted by atomic mass is 10.1. The first kappa shape index (κ1) is 18.1. The van der Waals surface area contributed by atoms with Crippen molar-refractivity contribution in [1.29, 1.82) is 0 Å². The highest BCUT2D eigenvalue weighted by molar-refractivity contribution is 6.37. The molecule has 2 aromatic heterocycles. The van der Waals surface area contributed by atoms with Gasteiger partial charge in [-0.05, 0) is 32.9 Å². The molecule has 0 aliphatic rings. The van der Waals surface area contributed by atoms with Crippen LogP contribution in [-0.4, -0.2) is 35.5 Å². The van der Waals surface area contributed by atoms with Gasteiger partial charge in [-0.3, -0.25) is 5.10 Å². The number of H-pyrrole nitrogens is 1. The molecule has 3 rings (SSSR count). The molecule has 0 bridgehead atoms. The number of halogens is 1. The third-order valence-electron chi connectivity index (χ3n) is 3.69. The summed E-state index contributed by atoms with van der Waals surface area (Å²) in [5, 5.41) is 12.1.